The summed E-state index contributed by atoms with van der Waals surface area (Å²) in [6.45, 7) is 3.80. The summed E-state index contributed by atoms with van der Waals surface area (Å²) in [5.74, 6) is -1.67. The zero-order chi connectivity index (χ0) is 19.6. The minimum Gasteiger partial charge on any atom is -0.465 e. The molecule has 0 aliphatic carbocycles. The maximum Gasteiger partial charge on any atom is 0.357 e. The Morgan fingerprint density at radius 3 is 2.27 bits per heavy atom. The first kappa shape index (κ1) is 22.3. The van der Waals surface area contributed by atoms with Crippen LogP contribution in [0.1, 0.15) is 25.2 Å². The molecule has 1 rings (SSSR count). The molecule has 0 amide bonds. The molecule has 1 N–H and O–H groups in total. The van der Waals surface area contributed by atoms with E-state index in [9.17, 15) is 14.6 Å². The van der Waals surface area contributed by atoms with E-state index in [1.165, 1.54) is 7.11 Å². The van der Waals surface area contributed by atoms with Gasteiger partial charge in [-0.3, -0.25) is 4.57 Å². The van der Waals surface area contributed by atoms with Crippen LogP contribution >= 0.6 is 19.4 Å². The number of nitrogens with one attached hydrogen (secondary N) is 1. The topological polar surface area (TPSA) is 97.6 Å². The first-order valence-corrected chi connectivity index (χ1v) is 10.8. The Kier molecular flexibility index (Phi) is 9.46. The molecule has 26 heavy (non-hydrogen) atoms. The van der Waals surface area contributed by atoms with Crippen LogP contribution in [-0.4, -0.2) is 32.5 Å². The molecule has 0 spiro atoms. The van der Waals surface area contributed by atoms with Crippen LogP contribution in [0.3, 0.4) is 0 Å². The van der Waals surface area contributed by atoms with E-state index in [4.69, 9.17) is 9.05 Å². The maximum absolute atomic E-state index is 13.4. The number of rotatable bonds is 10. The first-order chi connectivity index (χ1) is 12.5. The Morgan fingerprint density at radius 1 is 1.27 bits per heavy atom. The summed E-state index contributed by atoms with van der Waals surface area (Å²) in [6.07, 6.45) is 1.69. The molecule has 142 valence electrons. The summed E-state index contributed by atoms with van der Waals surface area (Å²) >= 11 is 1.13. The molecule has 0 fully saturated rings. The molecular formula is C17H23N2O5PS. The Labute approximate surface area is 158 Å². The molecule has 9 heteroatoms. The molecule has 0 saturated heterocycles. The minimum atomic E-state index is -3.63. The maximum atomic E-state index is 13.4. The van der Waals surface area contributed by atoms with E-state index in [1.807, 2.05) is 12.1 Å². The quantitative estimate of drug-likeness (QED) is 0.275. The third-order valence-electron chi connectivity index (χ3n) is 3.25. The third-order valence-corrected chi connectivity index (χ3v) is 6.28. The highest BCUT2D eigenvalue weighted by atomic mass is 32.2. The molecule has 0 heterocycles. The monoisotopic (exact) mass is 398 g/mol. The second-order valence-electron chi connectivity index (χ2n) is 4.84. The van der Waals surface area contributed by atoms with Gasteiger partial charge in [0.05, 0.1) is 25.4 Å². The van der Waals surface area contributed by atoms with Crippen molar-refractivity contribution in [3.8, 4) is 6.07 Å². The summed E-state index contributed by atoms with van der Waals surface area (Å²) < 4.78 is 29.0. The van der Waals surface area contributed by atoms with Crippen molar-refractivity contribution in [2.45, 2.75) is 19.6 Å². The van der Waals surface area contributed by atoms with Crippen molar-refractivity contribution in [3.05, 3.63) is 46.5 Å². The number of hydrogen-bond donors (Lipinski definition) is 1. The summed E-state index contributed by atoms with van der Waals surface area (Å²) in [6, 6.07) is 10.8. The Bertz CT molecular complexity index is 708. The highest BCUT2D eigenvalue weighted by Gasteiger charge is 2.38. The Morgan fingerprint density at radius 2 is 1.85 bits per heavy atom. The van der Waals surface area contributed by atoms with E-state index in [0.717, 1.165) is 11.8 Å². The summed E-state index contributed by atoms with van der Waals surface area (Å²) in [4.78, 5) is 11.9. The molecule has 0 bridgehead atoms. The van der Waals surface area contributed by atoms with Crippen molar-refractivity contribution >= 4 is 25.3 Å². The second-order valence-corrected chi connectivity index (χ2v) is 7.77. The van der Waals surface area contributed by atoms with Crippen LogP contribution < -0.4 is 5.32 Å². The highest BCUT2D eigenvalue weighted by molar-refractivity contribution is 8.02. The first-order valence-electron chi connectivity index (χ1n) is 7.94. The number of nitrogens with zero attached hydrogens (tertiary/aromatic N) is 1. The molecule has 0 radical (unpaired) electrons. The number of carbonyl (C=O) groups is 1. The summed E-state index contributed by atoms with van der Waals surface area (Å²) in [5.41, 5.74) is 0.437. The van der Waals surface area contributed by atoms with Gasteiger partial charge in [0.1, 0.15) is 6.07 Å². The number of hydrogen-bond acceptors (Lipinski definition) is 8. The van der Waals surface area contributed by atoms with Crippen LogP contribution in [0.2, 0.25) is 0 Å². The number of ether oxygens (including phenoxy) is 1. The average molecular weight is 398 g/mol. The highest BCUT2D eigenvalue weighted by Crippen LogP contribution is 2.60. The second kappa shape index (κ2) is 11.0. The van der Waals surface area contributed by atoms with Gasteiger partial charge in [-0.25, -0.2) is 4.79 Å². The summed E-state index contributed by atoms with van der Waals surface area (Å²) in [5, 5.41) is 12.6. The fourth-order valence-corrected chi connectivity index (χ4v) is 4.75. The fourth-order valence-electron chi connectivity index (χ4n) is 2.18. The van der Waals surface area contributed by atoms with Gasteiger partial charge in [-0.05, 0) is 25.7 Å². The summed E-state index contributed by atoms with van der Waals surface area (Å²) in [7, 11) is -2.44. The van der Waals surface area contributed by atoms with Gasteiger partial charge in [-0.2, -0.15) is 5.26 Å². The number of carbonyl (C=O) groups excluding carboxylic acids is 1. The van der Waals surface area contributed by atoms with Gasteiger partial charge in [0.25, 0.3) is 0 Å². The van der Waals surface area contributed by atoms with Crippen molar-refractivity contribution in [1.29, 1.82) is 5.26 Å². The lowest BCUT2D eigenvalue weighted by Gasteiger charge is -2.28. The lowest BCUT2D eigenvalue weighted by atomic mass is 10.2. The number of thioether (sulfide) groups is 1. The number of methoxy groups -OCH3 is 1. The van der Waals surface area contributed by atoms with Crippen LogP contribution in [0, 0.1) is 11.3 Å². The molecule has 1 unspecified atom stereocenters. The van der Waals surface area contributed by atoms with Crippen molar-refractivity contribution in [1.82, 2.24) is 5.32 Å². The number of benzene rings is 1. The zero-order valence-electron chi connectivity index (χ0n) is 15.2. The Balaban J connectivity index is 3.46. The van der Waals surface area contributed by atoms with E-state index >= 15 is 0 Å². The zero-order valence-corrected chi connectivity index (χ0v) is 16.9. The molecule has 1 aromatic rings. The van der Waals surface area contributed by atoms with Crippen molar-refractivity contribution < 1.29 is 23.1 Å². The van der Waals surface area contributed by atoms with Crippen LogP contribution in [0.5, 0.6) is 0 Å². The van der Waals surface area contributed by atoms with E-state index < -0.39 is 19.3 Å². The van der Waals surface area contributed by atoms with Gasteiger partial charge in [0, 0.05) is 0 Å². The smallest absolute Gasteiger partial charge is 0.357 e. The van der Waals surface area contributed by atoms with Crippen LogP contribution in [0.15, 0.2) is 40.9 Å². The van der Waals surface area contributed by atoms with E-state index in [-0.39, 0.29) is 23.8 Å². The molecule has 0 aliphatic heterocycles. The largest absolute Gasteiger partial charge is 0.465 e. The minimum absolute atomic E-state index is 0.183. The van der Waals surface area contributed by atoms with Crippen LogP contribution in [0.25, 0.3) is 0 Å². The predicted octanol–water partition coefficient (Wildman–Crippen LogP) is 3.81. The van der Waals surface area contributed by atoms with Crippen molar-refractivity contribution in [2.24, 2.45) is 0 Å². The normalized spacial score (nSPS) is 13.3. The molecule has 0 aliphatic rings. The standard InChI is InChI=1S/C17H23N2O5PS/c1-5-23-25(21,24-6-2)15(13-10-8-7-9-11-13)19-16(26-4)14(12-18)17(20)22-3/h7-11,15,19H,5-6H2,1-4H3/b16-14+. The van der Waals surface area contributed by atoms with Crippen LogP contribution in [0.4, 0.5) is 0 Å². The lowest BCUT2D eigenvalue weighted by molar-refractivity contribution is -0.135. The van der Waals surface area contributed by atoms with E-state index in [2.05, 4.69) is 10.1 Å². The van der Waals surface area contributed by atoms with Gasteiger partial charge in [-0.15, -0.1) is 11.8 Å². The number of esters is 1. The van der Waals surface area contributed by atoms with Gasteiger partial charge in [0.15, 0.2) is 11.4 Å². The molecule has 0 saturated carbocycles. The molecule has 1 atom stereocenters. The van der Waals surface area contributed by atoms with Gasteiger partial charge >= 0.3 is 13.6 Å². The SMILES string of the molecule is CCOP(=O)(OCC)C(N/C(SC)=C(/C#N)C(=O)OC)c1ccccc1. The number of nitriles is 1. The molecule has 7 nitrogen and oxygen atoms in total. The van der Waals surface area contributed by atoms with Gasteiger partial charge in [-0.1, -0.05) is 30.3 Å². The van der Waals surface area contributed by atoms with Crippen molar-refractivity contribution in [3.63, 3.8) is 0 Å². The Hall–Kier alpha value is -1.78. The van der Waals surface area contributed by atoms with Crippen molar-refractivity contribution in [2.75, 3.05) is 26.6 Å². The molecule has 0 aromatic heterocycles. The molecule has 1 aromatic carbocycles. The van der Waals surface area contributed by atoms with Gasteiger partial charge < -0.3 is 19.1 Å². The van der Waals surface area contributed by atoms with E-state index in [1.54, 1.807) is 44.4 Å². The molecular weight excluding hydrogens is 375 g/mol. The van der Waals surface area contributed by atoms with Crippen LogP contribution in [-0.2, 0) is 23.1 Å². The predicted molar refractivity (Wildman–Crippen MR) is 101 cm³/mol. The van der Waals surface area contributed by atoms with Gasteiger partial charge in [0.2, 0.25) is 0 Å². The average Bonchev–Trinajstić information content (AvgIpc) is 2.65. The van der Waals surface area contributed by atoms with E-state index in [0.29, 0.717) is 5.56 Å². The lowest BCUT2D eigenvalue weighted by Crippen LogP contribution is -2.24. The fraction of sp³-hybridized carbons (Fsp3) is 0.412. The third kappa shape index (κ3) is 5.61.